The zero-order valence-electron chi connectivity index (χ0n) is 10.7. The molecule has 2 heterocycles. The first-order valence-electron chi connectivity index (χ1n) is 5.86. The van der Waals surface area contributed by atoms with Crippen molar-refractivity contribution < 1.29 is 23.9 Å². The fraction of sp³-hybridized carbons (Fsp3) is 0.0769. The summed E-state index contributed by atoms with van der Waals surface area (Å²) in [5.41, 5.74) is 0.180. The van der Waals surface area contributed by atoms with Gasteiger partial charge in [0.15, 0.2) is 5.76 Å². The van der Waals surface area contributed by atoms with E-state index in [0.717, 1.165) is 6.20 Å². The maximum absolute atomic E-state index is 11.6. The van der Waals surface area contributed by atoms with Crippen LogP contribution in [0.4, 0.5) is 5.69 Å². The van der Waals surface area contributed by atoms with Gasteiger partial charge in [-0.3, -0.25) is 14.6 Å². The Morgan fingerprint density at radius 1 is 1.29 bits per heavy atom. The zero-order chi connectivity index (χ0) is 15.2. The van der Waals surface area contributed by atoms with E-state index in [1.54, 1.807) is 6.07 Å². The molecule has 0 unspecified atom stereocenters. The Hall–Kier alpha value is -3.16. The Balaban J connectivity index is 1.89. The predicted octanol–water partition coefficient (Wildman–Crippen LogP) is 0.741. The normalized spacial score (nSPS) is 9.90. The van der Waals surface area contributed by atoms with E-state index in [1.165, 1.54) is 24.6 Å². The summed E-state index contributed by atoms with van der Waals surface area (Å²) in [6.45, 7) is -0.281. The van der Waals surface area contributed by atoms with Crippen LogP contribution in [-0.2, 0) is 4.79 Å². The quantitative estimate of drug-likeness (QED) is 0.746. The van der Waals surface area contributed by atoms with Crippen molar-refractivity contribution in [1.29, 1.82) is 0 Å². The largest absolute Gasteiger partial charge is 0.478 e. The molecule has 0 aliphatic rings. The van der Waals surface area contributed by atoms with E-state index in [-0.39, 0.29) is 23.6 Å². The minimum atomic E-state index is -1.15. The third-order valence-corrected chi connectivity index (χ3v) is 2.42. The van der Waals surface area contributed by atoms with Crippen molar-refractivity contribution in [2.24, 2.45) is 0 Å². The number of furan rings is 1. The van der Waals surface area contributed by atoms with Crippen LogP contribution < -0.4 is 10.6 Å². The van der Waals surface area contributed by atoms with Crippen LogP contribution in [0.2, 0.25) is 0 Å². The van der Waals surface area contributed by atoms with Crippen LogP contribution in [0.5, 0.6) is 0 Å². The van der Waals surface area contributed by atoms with E-state index in [9.17, 15) is 14.4 Å². The Morgan fingerprint density at radius 3 is 2.76 bits per heavy atom. The lowest BCUT2D eigenvalue weighted by Crippen LogP contribution is -2.32. The van der Waals surface area contributed by atoms with Gasteiger partial charge >= 0.3 is 5.97 Å². The Bertz CT molecular complexity index is 666. The smallest absolute Gasteiger partial charge is 0.337 e. The second-order valence-electron chi connectivity index (χ2n) is 3.98. The summed E-state index contributed by atoms with van der Waals surface area (Å²) in [7, 11) is 0. The number of carboxylic acid groups (broad SMARTS) is 1. The van der Waals surface area contributed by atoms with Crippen molar-refractivity contribution in [3.8, 4) is 0 Å². The number of anilines is 1. The van der Waals surface area contributed by atoms with Crippen LogP contribution >= 0.6 is 0 Å². The highest BCUT2D eigenvalue weighted by Crippen LogP contribution is 2.08. The zero-order valence-corrected chi connectivity index (χ0v) is 10.7. The molecular weight excluding hydrogens is 278 g/mol. The molecule has 2 aromatic heterocycles. The molecule has 2 amide bonds. The van der Waals surface area contributed by atoms with Gasteiger partial charge in [0, 0.05) is 6.20 Å². The number of rotatable bonds is 5. The number of nitrogens with zero attached hydrogens (tertiary/aromatic N) is 1. The molecule has 8 heteroatoms. The summed E-state index contributed by atoms with van der Waals surface area (Å²) in [6.07, 6.45) is 3.81. The first-order chi connectivity index (χ1) is 10.1. The van der Waals surface area contributed by atoms with Crippen molar-refractivity contribution >= 4 is 23.5 Å². The average Bonchev–Trinajstić information content (AvgIpc) is 2.99. The minimum Gasteiger partial charge on any atom is -0.478 e. The van der Waals surface area contributed by atoms with Crippen molar-refractivity contribution in [1.82, 2.24) is 10.3 Å². The van der Waals surface area contributed by atoms with E-state index in [0.29, 0.717) is 0 Å². The second kappa shape index (κ2) is 6.33. The van der Waals surface area contributed by atoms with Gasteiger partial charge in [-0.25, -0.2) is 4.79 Å². The van der Waals surface area contributed by atoms with Crippen molar-refractivity contribution in [2.75, 3.05) is 11.9 Å². The molecule has 2 rings (SSSR count). The first kappa shape index (κ1) is 14.3. The average molecular weight is 289 g/mol. The number of carbonyl (C=O) groups excluding carboxylic acids is 2. The second-order valence-corrected chi connectivity index (χ2v) is 3.98. The fourth-order valence-electron chi connectivity index (χ4n) is 1.49. The van der Waals surface area contributed by atoms with Gasteiger partial charge in [0.25, 0.3) is 5.91 Å². The number of amides is 2. The molecule has 0 saturated carbocycles. The number of hydrogen-bond acceptors (Lipinski definition) is 5. The van der Waals surface area contributed by atoms with E-state index >= 15 is 0 Å². The maximum Gasteiger partial charge on any atom is 0.337 e. The molecule has 0 saturated heterocycles. The lowest BCUT2D eigenvalue weighted by atomic mass is 10.2. The van der Waals surface area contributed by atoms with Gasteiger partial charge < -0.3 is 20.2 Å². The Kier molecular flexibility index (Phi) is 4.30. The summed E-state index contributed by atoms with van der Waals surface area (Å²) in [5.74, 6) is -2.09. The Labute approximate surface area is 118 Å². The monoisotopic (exact) mass is 289 g/mol. The molecule has 108 valence electrons. The number of nitrogens with one attached hydrogen (secondary N) is 2. The number of pyridine rings is 1. The molecule has 2 aromatic rings. The van der Waals surface area contributed by atoms with Crippen LogP contribution in [0.15, 0.2) is 41.3 Å². The molecule has 0 atom stereocenters. The summed E-state index contributed by atoms with van der Waals surface area (Å²) in [6, 6.07) is 4.28. The molecular formula is C13H11N3O5. The van der Waals surface area contributed by atoms with Crippen molar-refractivity contribution in [2.45, 2.75) is 0 Å². The number of hydrogen-bond donors (Lipinski definition) is 3. The molecule has 3 N–H and O–H groups in total. The van der Waals surface area contributed by atoms with Crippen molar-refractivity contribution in [3.05, 3.63) is 48.2 Å². The van der Waals surface area contributed by atoms with Crippen LogP contribution in [0.25, 0.3) is 0 Å². The molecule has 0 bridgehead atoms. The van der Waals surface area contributed by atoms with Gasteiger partial charge in [-0.15, -0.1) is 0 Å². The maximum atomic E-state index is 11.6. The molecule has 0 aromatic carbocycles. The van der Waals surface area contributed by atoms with E-state index in [2.05, 4.69) is 15.6 Å². The lowest BCUT2D eigenvalue weighted by molar-refractivity contribution is -0.115. The van der Waals surface area contributed by atoms with Gasteiger partial charge in [-0.1, -0.05) is 0 Å². The molecule has 21 heavy (non-hydrogen) atoms. The number of carboxylic acids is 1. The lowest BCUT2D eigenvalue weighted by Gasteiger charge is -2.06. The third-order valence-electron chi connectivity index (χ3n) is 2.42. The molecule has 0 aliphatic heterocycles. The minimum absolute atomic E-state index is 0.0487. The first-order valence-corrected chi connectivity index (χ1v) is 5.86. The van der Waals surface area contributed by atoms with Gasteiger partial charge in [0.2, 0.25) is 5.91 Å². The van der Waals surface area contributed by atoms with E-state index in [4.69, 9.17) is 9.52 Å². The van der Waals surface area contributed by atoms with Gasteiger partial charge in [0.05, 0.1) is 30.3 Å². The summed E-state index contributed by atoms with van der Waals surface area (Å²) >= 11 is 0. The Morgan fingerprint density at radius 2 is 2.10 bits per heavy atom. The number of aromatic carboxylic acids is 1. The highest BCUT2D eigenvalue weighted by atomic mass is 16.4. The fourth-order valence-corrected chi connectivity index (χ4v) is 1.49. The molecule has 0 fully saturated rings. The standard InChI is InChI=1S/C13H11N3O5/c17-11(7-15-12(18)10-2-1-3-21-10)16-9-4-8(13(19)20)5-14-6-9/h1-6H,7H2,(H,15,18)(H,16,17)(H,19,20). The highest BCUT2D eigenvalue weighted by Gasteiger charge is 2.11. The SMILES string of the molecule is O=C(CNC(=O)c1ccco1)Nc1cncc(C(=O)O)c1. The van der Waals surface area contributed by atoms with Crippen LogP contribution in [0.1, 0.15) is 20.9 Å². The summed E-state index contributed by atoms with van der Waals surface area (Å²) < 4.78 is 4.87. The molecule has 0 radical (unpaired) electrons. The molecule has 0 spiro atoms. The van der Waals surface area contributed by atoms with Crippen LogP contribution in [0, 0.1) is 0 Å². The number of carbonyl (C=O) groups is 3. The van der Waals surface area contributed by atoms with Crippen LogP contribution in [0.3, 0.4) is 0 Å². The third kappa shape index (κ3) is 3.90. The van der Waals surface area contributed by atoms with Gasteiger partial charge in [0.1, 0.15) is 0 Å². The van der Waals surface area contributed by atoms with Crippen molar-refractivity contribution in [3.63, 3.8) is 0 Å². The van der Waals surface area contributed by atoms with Gasteiger partial charge in [-0.05, 0) is 18.2 Å². The van der Waals surface area contributed by atoms with E-state index in [1.807, 2.05) is 0 Å². The summed E-state index contributed by atoms with van der Waals surface area (Å²) in [5, 5.41) is 13.6. The molecule has 0 aliphatic carbocycles. The summed E-state index contributed by atoms with van der Waals surface area (Å²) in [4.78, 5) is 37.6. The van der Waals surface area contributed by atoms with Crippen LogP contribution in [-0.4, -0.2) is 34.4 Å². The predicted molar refractivity (Wildman–Crippen MR) is 70.9 cm³/mol. The van der Waals surface area contributed by atoms with Gasteiger partial charge in [-0.2, -0.15) is 0 Å². The molecule has 8 nitrogen and oxygen atoms in total. The number of aromatic nitrogens is 1. The van der Waals surface area contributed by atoms with E-state index < -0.39 is 17.8 Å². The highest BCUT2D eigenvalue weighted by molar-refractivity contribution is 5.98. The topological polar surface area (TPSA) is 122 Å².